The van der Waals surface area contributed by atoms with Gasteiger partial charge in [0, 0.05) is 6.54 Å². The number of hydrogen-bond acceptors (Lipinski definition) is 3. The third-order valence-electron chi connectivity index (χ3n) is 4.46. The molecule has 0 saturated carbocycles. The summed E-state index contributed by atoms with van der Waals surface area (Å²) in [5, 5.41) is 22.0. The average Bonchev–Trinajstić information content (AvgIpc) is 2.57. The van der Waals surface area contributed by atoms with E-state index in [0.717, 1.165) is 18.4 Å². The zero-order valence-corrected chi connectivity index (χ0v) is 15.2. The molecular formula is C20H33NO3. The highest BCUT2D eigenvalue weighted by Crippen LogP contribution is 2.30. The van der Waals surface area contributed by atoms with Crippen LogP contribution in [0.3, 0.4) is 0 Å². The molecule has 1 rings (SSSR count). The third-order valence-corrected chi connectivity index (χ3v) is 4.46. The summed E-state index contributed by atoms with van der Waals surface area (Å²) in [4.78, 5) is 12.3. The smallest absolute Gasteiger partial charge is 0.227 e. The lowest BCUT2D eigenvalue weighted by Gasteiger charge is -2.16. The summed E-state index contributed by atoms with van der Waals surface area (Å²) < 4.78 is 0. The minimum Gasteiger partial charge on any atom is -0.504 e. The summed E-state index contributed by atoms with van der Waals surface area (Å²) in [5.41, 5.74) is 0.737. The number of nitrogens with one attached hydrogen (secondary N) is 1. The van der Waals surface area contributed by atoms with Crippen molar-refractivity contribution in [2.24, 2.45) is 0 Å². The number of phenols is 2. The molecule has 0 bridgehead atoms. The molecule has 1 atom stereocenters. The molecule has 1 unspecified atom stereocenters. The Morgan fingerprint density at radius 1 is 0.958 bits per heavy atom. The Morgan fingerprint density at radius 2 is 1.58 bits per heavy atom. The molecule has 1 aromatic carbocycles. The van der Waals surface area contributed by atoms with E-state index in [4.69, 9.17) is 0 Å². The molecule has 0 aliphatic rings. The van der Waals surface area contributed by atoms with Crippen molar-refractivity contribution in [3.63, 3.8) is 0 Å². The van der Waals surface area contributed by atoms with Gasteiger partial charge in [0.05, 0.1) is 5.92 Å². The summed E-state index contributed by atoms with van der Waals surface area (Å²) in [6.45, 7) is 4.88. The summed E-state index contributed by atoms with van der Waals surface area (Å²) in [6, 6.07) is 4.59. The Bertz CT molecular complexity index is 488. The number of benzene rings is 1. The summed E-state index contributed by atoms with van der Waals surface area (Å²) in [5.74, 6) is -0.633. The minimum absolute atomic E-state index is 0.00876. The number of hydrogen-bond donors (Lipinski definition) is 3. The molecule has 1 aromatic rings. The molecule has 0 saturated heterocycles. The van der Waals surface area contributed by atoms with Crippen LogP contribution in [0.5, 0.6) is 11.5 Å². The number of aromatic hydroxyl groups is 2. The van der Waals surface area contributed by atoms with Crippen LogP contribution in [0.15, 0.2) is 18.2 Å². The van der Waals surface area contributed by atoms with Crippen LogP contribution in [0.25, 0.3) is 0 Å². The molecule has 0 heterocycles. The lowest BCUT2D eigenvalue weighted by atomic mass is 9.95. The molecule has 0 radical (unpaired) electrons. The third kappa shape index (κ3) is 7.24. The van der Waals surface area contributed by atoms with Crippen molar-refractivity contribution in [1.29, 1.82) is 0 Å². The highest BCUT2D eigenvalue weighted by Gasteiger charge is 2.19. The van der Waals surface area contributed by atoms with E-state index in [0.29, 0.717) is 13.0 Å². The van der Waals surface area contributed by atoms with E-state index >= 15 is 0 Å². The van der Waals surface area contributed by atoms with Crippen LogP contribution in [0.4, 0.5) is 0 Å². The maximum atomic E-state index is 12.3. The molecule has 0 aliphatic carbocycles. The van der Waals surface area contributed by atoms with Crippen molar-refractivity contribution >= 4 is 5.91 Å². The lowest BCUT2D eigenvalue weighted by molar-refractivity contribution is -0.122. The number of carbonyl (C=O) groups is 1. The second-order valence-electron chi connectivity index (χ2n) is 6.47. The summed E-state index contributed by atoms with van der Waals surface area (Å²) in [7, 11) is 0. The molecule has 0 fully saturated rings. The van der Waals surface area contributed by atoms with Crippen molar-refractivity contribution in [2.45, 2.75) is 77.6 Å². The van der Waals surface area contributed by atoms with Gasteiger partial charge in [0.25, 0.3) is 0 Å². The maximum Gasteiger partial charge on any atom is 0.227 e. The average molecular weight is 335 g/mol. The normalized spacial score (nSPS) is 12.1. The van der Waals surface area contributed by atoms with Crippen LogP contribution in [-0.2, 0) is 4.79 Å². The van der Waals surface area contributed by atoms with Gasteiger partial charge in [0.1, 0.15) is 0 Å². The Balaban J connectivity index is 2.26. The number of carbonyl (C=O) groups excluding carboxylic acids is 1. The van der Waals surface area contributed by atoms with Gasteiger partial charge in [-0.15, -0.1) is 0 Å². The van der Waals surface area contributed by atoms with Gasteiger partial charge in [-0.05, 0) is 30.5 Å². The predicted octanol–water partition coefficient (Wildman–Crippen LogP) is 4.85. The first-order valence-electron chi connectivity index (χ1n) is 9.39. The summed E-state index contributed by atoms with van der Waals surface area (Å²) in [6.07, 6.45) is 10.6. The molecule has 3 N–H and O–H groups in total. The van der Waals surface area contributed by atoms with Crippen molar-refractivity contribution in [3.8, 4) is 11.5 Å². The molecule has 136 valence electrons. The van der Waals surface area contributed by atoms with E-state index in [1.54, 1.807) is 6.07 Å². The number of unbranched alkanes of at least 4 members (excludes halogenated alkanes) is 7. The van der Waals surface area contributed by atoms with Crippen LogP contribution in [0.1, 0.15) is 83.1 Å². The topological polar surface area (TPSA) is 69.6 Å². The quantitative estimate of drug-likeness (QED) is 0.378. The van der Waals surface area contributed by atoms with Crippen LogP contribution < -0.4 is 5.32 Å². The Morgan fingerprint density at radius 3 is 2.17 bits per heavy atom. The van der Waals surface area contributed by atoms with E-state index in [2.05, 4.69) is 12.2 Å². The van der Waals surface area contributed by atoms with E-state index < -0.39 is 0 Å². The molecule has 0 aromatic heterocycles. The van der Waals surface area contributed by atoms with E-state index in [-0.39, 0.29) is 23.3 Å². The van der Waals surface area contributed by atoms with E-state index in [1.807, 2.05) is 6.92 Å². The second-order valence-corrected chi connectivity index (χ2v) is 6.47. The van der Waals surface area contributed by atoms with Crippen LogP contribution in [0, 0.1) is 0 Å². The zero-order chi connectivity index (χ0) is 17.8. The number of amides is 1. The Labute approximate surface area is 146 Å². The van der Waals surface area contributed by atoms with Gasteiger partial charge in [0.15, 0.2) is 11.5 Å². The molecule has 4 nitrogen and oxygen atoms in total. The van der Waals surface area contributed by atoms with Gasteiger partial charge in [-0.25, -0.2) is 0 Å². The van der Waals surface area contributed by atoms with E-state index in [9.17, 15) is 15.0 Å². The van der Waals surface area contributed by atoms with Gasteiger partial charge in [0.2, 0.25) is 5.91 Å². The first-order chi connectivity index (χ1) is 11.6. The van der Waals surface area contributed by atoms with Gasteiger partial charge in [-0.1, -0.05) is 64.9 Å². The molecule has 24 heavy (non-hydrogen) atoms. The monoisotopic (exact) mass is 335 g/mol. The van der Waals surface area contributed by atoms with Crippen LogP contribution in [-0.4, -0.2) is 22.7 Å². The van der Waals surface area contributed by atoms with Gasteiger partial charge in [-0.3, -0.25) is 4.79 Å². The molecule has 0 aliphatic heterocycles. The van der Waals surface area contributed by atoms with E-state index in [1.165, 1.54) is 50.7 Å². The highest BCUT2D eigenvalue weighted by atomic mass is 16.3. The van der Waals surface area contributed by atoms with Crippen molar-refractivity contribution in [1.82, 2.24) is 5.32 Å². The van der Waals surface area contributed by atoms with Crippen molar-refractivity contribution in [2.75, 3.05) is 6.54 Å². The second kappa shape index (κ2) is 11.8. The minimum atomic E-state index is -0.287. The molecule has 4 heteroatoms. The van der Waals surface area contributed by atoms with Crippen LogP contribution in [0.2, 0.25) is 0 Å². The molecule has 1 amide bonds. The standard InChI is InChI=1S/C20H33NO3/c1-3-5-6-7-8-9-10-11-14-21-20(24)17(4-2)16-12-13-18(22)19(23)15-16/h12-13,15,17,22-23H,3-11,14H2,1-2H3,(H,21,24). The van der Waals surface area contributed by atoms with Crippen LogP contribution >= 0.6 is 0 Å². The Hall–Kier alpha value is -1.71. The van der Waals surface area contributed by atoms with Crippen molar-refractivity contribution in [3.05, 3.63) is 23.8 Å². The molecule has 0 spiro atoms. The fraction of sp³-hybridized carbons (Fsp3) is 0.650. The number of phenolic OH excluding ortho intramolecular Hbond substituents is 2. The first-order valence-corrected chi connectivity index (χ1v) is 9.39. The largest absolute Gasteiger partial charge is 0.504 e. The number of rotatable bonds is 12. The fourth-order valence-electron chi connectivity index (χ4n) is 2.92. The molecular weight excluding hydrogens is 302 g/mol. The maximum absolute atomic E-state index is 12.3. The van der Waals surface area contributed by atoms with Gasteiger partial charge < -0.3 is 15.5 Å². The summed E-state index contributed by atoms with van der Waals surface area (Å²) >= 11 is 0. The fourth-order valence-corrected chi connectivity index (χ4v) is 2.92. The zero-order valence-electron chi connectivity index (χ0n) is 15.2. The first kappa shape index (κ1) is 20.3. The highest BCUT2D eigenvalue weighted by molar-refractivity contribution is 5.83. The van der Waals surface area contributed by atoms with Gasteiger partial charge in [-0.2, -0.15) is 0 Å². The lowest BCUT2D eigenvalue weighted by Crippen LogP contribution is -2.30. The SMILES string of the molecule is CCCCCCCCCCNC(=O)C(CC)c1ccc(O)c(O)c1. The van der Waals surface area contributed by atoms with Crippen molar-refractivity contribution < 1.29 is 15.0 Å². The van der Waals surface area contributed by atoms with Gasteiger partial charge >= 0.3 is 0 Å². The Kier molecular flexibility index (Phi) is 9.97. The predicted molar refractivity (Wildman–Crippen MR) is 98.4 cm³/mol.